The molecule has 28 nitrogen and oxygen atoms in total. The summed E-state index contributed by atoms with van der Waals surface area (Å²) in [6, 6.07) is 31.2. The Balaban J connectivity index is 0.000000149. The van der Waals surface area contributed by atoms with Crippen LogP contribution in [0, 0.1) is 23.7 Å². The van der Waals surface area contributed by atoms with Crippen LogP contribution >= 0.6 is 46.4 Å². The fourth-order valence-electron chi connectivity index (χ4n) is 16.6. The van der Waals surface area contributed by atoms with Gasteiger partial charge in [0.25, 0.3) is 0 Å². The standard InChI is InChI=1S/C40H44Cl2N10O2.C27H35ClN6O3.C22H27ClN6O.FH.H2/c41-29-5-1-3-25(19-29)21-43-35-31-23-51(37(53)27-7-8-27)13-11-33(31)45-39(47-35)49-15-17-50(18-16-49)40-46-34-12-14-52(38(54)28-9-10-28)24-32(34)36(48-40)44-22-26-4-2-6-30(42)20-26;1-27(2,3)37-26(36)33-13-11-32(12-14-33)25-30-22-9-10-34(24(35)19-7-8-19)17-21(22)23(31-25)29-16-18-5-4-6-20(28)15-18;23-17-3-1-2-15(12-17)13-25-20-18-14-29(21(30)16-4-5-16)9-6-19(18)26-22(27-20)28-10-7-24-8-11-28;;/h1-6,19-20,27-28H,7-18,21-24H2,(H,43,45,47)(H,44,46,48);4-6,15,19H,7-14,16-17H2,1-3H3,(H,29,30,31);1-3,12,16,24H,4-11,13-14H2,(H,25,26,27);2*1H. The molecule has 7 aliphatic heterocycles. The second kappa shape index (κ2) is 37.9. The van der Waals surface area contributed by atoms with Gasteiger partial charge < -0.3 is 75.4 Å². The molecule has 7 fully saturated rings. The molecule has 0 spiro atoms. The largest absolute Gasteiger partial charge is 0.444 e. The van der Waals surface area contributed by atoms with E-state index in [9.17, 15) is 24.0 Å². The van der Waals surface area contributed by atoms with Crippen LogP contribution in [0.25, 0.3) is 0 Å². The van der Waals surface area contributed by atoms with E-state index in [0.29, 0.717) is 177 Å². The zero-order valence-corrected chi connectivity index (χ0v) is 72.5. The Kier molecular flexibility index (Phi) is 26.5. The maximum Gasteiger partial charge on any atom is 0.410 e. The van der Waals surface area contributed by atoms with Gasteiger partial charge in [-0.2, -0.15) is 19.9 Å². The smallest absolute Gasteiger partial charge is 0.410 e. The molecule has 11 aliphatic rings. The highest BCUT2D eigenvalue weighted by Gasteiger charge is 2.41. The van der Waals surface area contributed by atoms with Crippen LogP contribution in [0.1, 0.15) is 141 Å². The number of anilines is 8. The second-order valence-corrected chi connectivity index (χ2v) is 36.2. The summed E-state index contributed by atoms with van der Waals surface area (Å²) >= 11 is 24.9. The summed E-state index contributed by atoms with van der Waals surface area (Å²) in [6.45, 7) is 21.7. The van der Waals surface area contributed by atoms with E-state index in [2.05, 4.69) is 46.2 Å². The Labute approximate surface area is 732 Å². The zero-order valence-electron chi connectivity index (χ0n) is 69.5. The van der Waals surface area contributed by atoms with Gasteiger partial charge in [-0.05, 0) is 143 Å². The lowest BCUT2D eigenvalue weighted by Gasteiger charge is -2.37. The van der Waals surface area contributed by atoms with Gasteiger partial charge in [-0.3, -0.25) is 23.9 Å². The highest BCUT2D eigenvalue weighted by Crippen LogP contribution is 2.40. The van der Waals surface area contributed by atoms with Gasteiger partial charge in [-0.1, -0.05) is 94.9 Å². The van der Waals surface area contributed by atoms with Crippen molar-refractivity contribution < 1.29 is 34.8 Å². The number of rotatable bonds is 20. The quantitative estimate of drug-likeness (QED) is 0.0474. The predicted molar refractivity (Wildman–Crippen MR) is 475 cm³/mol. The van der Waals surface area contributed by atoms with Crippen LogP contribution in [-0.4, -0.2) is 204 Å². The molecule has 11 heterocycles. The van der Waals surface area contributed by atoms with Crippen molar-refractivity contribution in [2.45, 2.75) is 156 Å². The van der Waals surface area contributed by atoms with E-state index in [1.165, 1.54) is 0 Å². The molecule has 0 bridgehead atoms. The highest BCUT2D eigenvalue weighted by molar-refractivity contribution is 6.31. The first kappa shape index (κ1) is 85.4. The van der Waals surface area contributed by atoms with Crippen LogP contribution in [0.5, 0.6) is 0 Å². The number of aromatic nitrogens is 8. The maximum atomic E-state index is 13.0. The molecule has 0 atom stereocenters. The second-order valence-electron chi connectivity index (χ2n) is 34.4. The summed E-state index contributed by atoms with van der Waals surface area (Å²) in [5.74, 6) is 7.74. The summed E-state index contributed by atoms with van der Waals surface area (Å²) in [6.07, 6.45) is 10.6. The van der Waals surface area contributed by atoms with Gasteiger partial charge in [0.2, 0.25) is 47.4 Å². The monoisotopic (exact) mass is 1740 g/mol. The molecular weight excluding hydrogens is 1630 g/mol. The number of fused-ring (bicyclic) bond motifs is 4. The third-order valence-corrected chi connectivity index (χ3v) is 24.9. The fourth-order valence-corrected chi connectivity index (χ4v) is 17.4. The Morgan fingerprint density at radius 3 is 0.869 bits per heavy atom. The fraction of sp³-hybridized carbons (Fsp3) is 0.494. The summed E-state index contributed by atoms with van der Waals surface area (Å²) in [5, 5.41) is 20.3. The van der Waals surface area contributed by atoms with Crippen LogP contribution < -0.4 is 46.2 Å². The van der Waals surface area contributed by atoms with Gasteiger partial charge >= 0.3 is 6.09 Å². The topological polar surface area (TPSA) is 287 Å². The molecule has 4 saturated carbocycles. The molecular formula is C89H109Cl4FN22O6. The Hall–Kier alpha value is -10.2. The molecule has 5 amide bonds. The molecule has 0 unspecified atom stereocenters. The number of nitrogens with one attached hydrogen (secondary N) is 5. The van der Waals surface area contributed by atoms with E-state index in [4.69, 9.17) is 91.0 Å². The number of hydrogen-bond acceptors (Lipinski definition) is 23. The van der Waals surface area contributed by atoms with Crippen molar-refractivity contribution in [1.29, 1.82) is 0 Å². The molecule has 33 heteroatoms. The van der Waals surface area contributed by atoms with Crippen molar-refractivity contribution in [3.05, 3.63) is 184 Å². The number of ether oxygens (including phenoxy) is 1. The van der Waals surface area contributed by atoms with Gasteiger partial charge in [0.05, 0.1) is 49.0 Å². The van der Waals surface area contributed by atoms with Crippen LogP contribution in [0.4, 0.5) is 56.6 Å². The minimum atomic E-state index is -0.520. The van der Waals surface area contributed by atoms with Crippen molar-refractivity contribution in [3.8, 4) is 0 Å². The average Bonchev–Trinajstić information content (AvgIpc) is 1.77. The molecule has 5 N–H and O–H groups in total. The lowest BCUT2D eigenvalue weighted by molar-refractivity contribution is -0.134. The van der Waals surface area contributed by atoms with Crippen molar-refractivity contribution in [3.63, 3.8) is 0 Å². The number of carbonyl (C=O) groups excluding carboxylic acids is 5. The number of nitrogens with zero attached hydrogens (tertiary/aromatic N) is 17. The average molecular weight is 1740 g/mol. The SMILES string of the molecule is CC(C)(C)OC(=O)N1CCN(c2nc3c(c(NCc4cccc(Cl)c4)n2)CN(C(=O)C2CC2)CC3)CC1.F.O=C(C1CC1)N1CCc2nc(N3CCN(c4nc5c(c(NCc6cccc(Cl)c6)n4)CN(C(=O)C4CC4)CC5)CC3)nc(NCc3cccc(Cl)c3)c2C1.O=C(C1CC1)N1CCc2nc(N3CCNCC3)nc(NCc3cccc(Cl)c3)c2C1.[HH]. The molecule has 4 aromatic heterocycles. The minimum absolute atomic E-state index is 0. The summed E-state index contributed by atoms with van der Waals surface area (Å²) < 4.78 is 5.53. The first-order valence-corrected chi connectivity index (χ1v) is 44.5. The Morgan fingerprint density at radius 2 is 0.623 bits per heavy atom. The highest BCUT2D eigenvalue weighted by atomic mass is 35.5. The lowest BCUT2D eigenvalue weighted by atomic mass is 10.0. The number of halogens is 5. The van der Waals surface area contributed by atoms with Crippen molar-refractivity contribution in [2.24, 2.45) is 23.7 Å². The van der Waals surface area contributed by atoms with Gasteiger partial charge in [0.1, 0.15) is 28.9 Å². The third-order valence-electron chi connectivity index (χ3n) is 24.0. The van der Waals surface area contributed by atoms with E-state index in [-0.39, 0.29) is 59.5 Å². The van der Waals surface area contributed by atoms with Crippen LogP contribution in [-0.2, 0) is 102 Å². The normalized spacial score (nSPS) is 18.1. The van der Waals surface area contributed by atoms with Gasteiger partial charge in [0.15, 0.2) is 0 Å². The minimum Gasteiger partial charge on any atom is -0.444 e. The van der Waals surface area contributed by atoms with Crippen LogP contribution in [0.3, 0.4) is 0 Å². The summed E-state index contributed by atoms with van der Waals surface area (Å²) in [4.78, 5) is 123. The summed E-state index contributed by atoms with van der Waals surface area (Å²) in [5.41, 5.74) is 11.8. The zero-order chi connectivity index (χ0) is 83.4. The number of benzene rings is 4. The van der Waals surface area contributed by atoms with E-state index in [0.717, 1.165) is 192 Å². The number of hydrogen-bond donors (Lipinski definition) is 5. The van der Waals surface area contributed by atoms with E-state index in [1.807, 2.05) is 137 Å². The third kappa shape index (κ3) is 21.3. The van der Waals surface area contributed by atoms with E-state index < -0.39 is 5.60 Å². The molecule has 19 rings (SSSR count). The molecule has 122 heavy (non-hydrogen) atoms. The van der Waals surface area contributed by atoms with Crippen molar-refractivity contribution in [2.75, 3.05) is 146 Å². The van der Waals surface area contributed by atoms with Crippen molar-refractivity contribution in [1.82, 2.24) is 69.7 Å². The van der Waals surface area contributed by atoms with Crippen molar-refractivity contribution >= 4 is 123 Å². The lowest BCUT2D eigenvalue weighted by Crippen LogP contribution is -2.50. The Morgan fingerprint density at radius 1 is 0.369 bits per heavy atom. The molecule has 8 aromatic rings. The molecule has 646 valence electrons. The summed E-state index contributed by atoms with van der Waals surface area (Å²) in [7, 11) is 0. The Bertz CT molecular complexity index is 5030. The molecule has 4 aliphatic carbocycles. The van der Waals surface area contributed by atoms with E-state index in [1.54, 1.807) is 4.90 Å². The number of piperazine rings is 3. The van der Waals surface area contributed by atoms with Gasteiger partial charge in [-0.25, -0.2) is 24.7 Å². The number of carbonyl (C=O) groups is 5. The van der Waals surface area contributed by atoms with Gasteiger partial charge in [-0.15, -0.1) is 0 Å². The van der Waals surface area contributed by atoms with Crippen LogP contribution in [0.15, 0.2) is 97.1 Å². The molecule has 4 aromatic carbocycles. The molecule has 0 radical (unpaired) electrons. The predicted octanol–water partition coefficient (Wildman–Crippen LogP) is 12.7. The first-order chi connectivity index (χ1) is 58.7. The molecule has 3 saturated heterocycles. The maximum absolute atomic E-state index is 13.0. The number of amides is 5. The van der Waals surface area contributed by atoms with Crippen LogP contribution in [0.2, 0.25) is 20.1 Å². The van der Waals surface area contributed by atoms with E-state index >= 15 is 0 Å². The van der Waals surface area contributed by atoms with Gasteiger partial charge in [0, 0.05) is 224 Å². The first-order valence-electron chi connectivity index (χ1n) is 43.0.